The van der Waals surface area contributed by atoms with Crippen molar-refractivity contribution in [3.63, 3.8) is 0 Å². The Kier molecular flexibility index (Phi) is 5.01. The van der Waals surface area contributed by atoms with Gasteiger partial charge in [-0.15, -0.1) is 0 Å². The summed E-state index contributed by atoms with van der Waals surface area (Å²) in [7, 11) is 0. The monoisotopic (exact) mass is 403 g/mol. The minimum Gasteiger partial charge on any atom is -0.361 e. The number of likely N-dealkylation sites (tertiary alicyclic amines) is 1. The second-order valence-electron chi connectivity index (χ2n) is 8.27. The highest BCUT2D eigenvalue weighted by atomic mass is 16.2. The molecule has 1 saturated heterocycles. The minimum absolute atomic E-state index is 0.0625. The van der Waals surface area contributed by atoms with E-state index in [0.717, 1.165) is 28.6 Å². The number of aromatic amines is 1. The van der Waals surface area contributed by atoms with Crippen molar-refractivity contribution in [2.24, 2.45) is 0 Å². The van der Waals surface area contributed by atoms with E-state index in [1.54, 1.807) is 9.80 Å². The topological polar surface area (TPSA) is 69.6 Å². The van der Waals surface area contributed by atoms with E-state index >= 15 is 0 Å². The van der Waals surface area contributed by atoms with Gasteiger partial charge in [-0.05, 0) is 17.7 Å². The molecule has 3 heterocycles. The van der Waals surface area contributed by atoms with Crippen LogP contribution in [0.25, 0.3) is 10.9 Å². The summed E-state index contributed by atoms with van der Waals surface area (Å²) in [4.78, 5) is 32.5. The number of aromatic nitrogens is 1. The van der Waals surface area contributed by atoms with E-state index in [-0.39, 0.29) is 24.4 Å². The normalized spacial score (nSPS) is 18.9. The molecule has 3 N–H and O–H groups in total. The second kappa shape index (κ2) is 7.95. The van der Waals surface area contributed by atoms with Crippen molar-refractivity contribution in [2.45, 2.75) is 18.9 Å². The van der Waals surface area contributed by atoms with Crippen molar-refractivity contribution in [1.82, 2.24) is 15.2 Å². The minimum atomic E-state index is -0.264. The first-order valence-electron chi connectivity index (χ1n) is 10.8. The van der Waals surface area contributed by atoms with Gasteiger partial charge in [-0.25, -0.2) is 0 Å². The highest BCUT2D eigenvalue weighted by Gasteiger charge is 2.39. The number of rotatable bonds is 6. The van der Waals surface area contributed by atoms with Gasteiger partial charge in [0.05, 0.1) is 32.2 Å². The maximum Gasteiger partial charge on any atom is 0.255 e. The Labute approximate surface area is 175 Å². The summed E-state index contributed by atoms with van der Waals surface area (Å²) < 4.78 is 0. The maximum atomic E-state index is 13.2. The van der Waals surface area contributed by atoms with Gasteiger partial charge in [0.2, 0.25) is 5.91 Å². The second-order valence-corrected chi connectivity index (χ2v) is 8.27. The van der Waals surface area contributed by atoms with E-state index in [9.17, 15) is 9.59 Å². The first-order valence-corrected chi connectivity index (χ1v) is 10.8. The number of carbonyl (C=O) groups is 2. The van der Waals surface area contributed by atoms with Gasteiger partial charge in [0.25, 0.3) is 5.91 Å². The number of quaternary nitrogens is 1. The van der Waals surface area contributed by atoms with Gasteiger partial charge < -0.3 is 20.1 Å². The van der Waals surface area contributed by atoms with E-state index in [4.69, 9.17) is 0 Å². The first kappa shape index (κ1) is 18.9. The Bertz CT molecular complexity index is 1080. The molecule has 6 heteroatoms. The van der Waals surface area contributed by atoms with Crippen LogP contribution >= 0.6 is 0 Å². The highest BCUT2D eigenvalue weighted by molar-refractivity contribution is 6.02. The molecule has 30 heavy (non-hydrogen) atoms. The zero-order chi connectivity index (χ0) is 20.5. The average molecular weight is 404 g/mol. The Morgan fingerprint density at radius 3 is 2.70 bits per heavy atom. The average Bonchev–Trinajstić information content (AvgIpc) is 3.48. The predicted molar refractivity (Wildman–Crippen MR) is 115 cm³/mol. The molecular weight excluding hydrogens is 376 g/mol. The molecule has 1 aromatic heterocycles. The van der Waals surface area contributed by atoms with Crippen molar-refractivity contribution in [2.75, 3.05) is 32.7 Å². The summed E-state index contributed by atoms with van der Waals surface area (Å²) >= 11 is 0. The molecule has 0 aliphatic carbocycles. The molecule has 2 aliphatic heterocycles. The fourth-order valence-corrected chi connectivity index (χ4v) is 4.90. The largest absolute Gasteiger partial charge is 0.361 e. The first-order chi connectivity index (χ1) is 14.7. The van der Waals surface area contributed by atoms with Gasteiger partial charge in [0.1, 0.15) is 6.54 Å². The fourth-order valence-electron chi connectivity index (χ4n) is 4.90. The third-order valence-corrected chi connectivity index (χ3v) is 6.40. The summed E-state index contributed by atoms with van der Waals surface area (Å²) in [5.74, 6) is -0.180. The maximum absolute atomic E-state index is 13.2. The molecule has 0 saturated carbocycles. The van der Waals surface area contributed by atoms with Gasteiger partial charge in [0, 0.05) is 41.1 Å². The van der Waals surface area contributed by atoms with E-state index in [2.05, 4.69) is 16.4 Å². The molecule has 2 amide bonds. The zero-order valence-electron chi connectivity index (χ0n) is 17.0. The van der Waals surface area contributed by atoms with Gasteiger partial charge in [0.15, 0.2) is 0 Å². The van der Waals surface area contributed by atoms with Gasteiger partial charge in [-0.3, -0.25) is 9.59 Å². The van der Waals surface area contributed by atoms with E-state index in [1.807, 2.05) is 48.7 Å². The van der Waals surface area contributed by atoms with Crippen LogP contribution < -0.4 is 10.2 Å². The number of benzene rings is 2. The van der Waals surface area contributed by atoms with Crippen molar-refractivity contribution in [3.8, 4) is 0 Å². The molecule has 0 unspecified atom stereocenters. The standard InChI is InChI=1S/C24H26N4O2/c29-22(25-11-14-27-12-5-6-13-27)16-28-23(18-8-1-2-9-19(18)24(28)30)20-15-26-21-10-4-3-7-17(20)21/h1-4,7-10,15,23,26H,5-6,11-14,16H2,(H,25,29)/p+1/t23-/m1/s1. The van der Waals surface area contributed by atoms with E-state index in [0.29, 0.717) is 12.1 Å². The molecule has 2 aliphatic rings. The molecule has 6 nitrogen and oxygen atoms in total. The number of amides is 2. The van der Waals surface area contributed by atoms with Crippen LogP contribution in [0.15, 0.2) is 54.7 Å². The van der Waals surface area contributed by atoms with Crippen molar-refractivity contribution in [1.29, 1.82) is 0 Å². The Balaban J connectivity index is 1.38. The number of nitrogens with zero attached hydrogens (tertiary/aromatic N) is 1. The van der Waals surface area contributed by atoms with Crippen LogP contribution in [0, 0.1) is 0 Å². The summed E-state index contributed by atoms with van der Waals surface area (Å²) in [6, 6.07) is 15.5. The Hall–Kier alpha value is -3.12. The summed E-state index contributed by atoms with van der Waals surface area (Å²) in [5, 5.41) is 4.10. The predicted octanol–water partition coefficient (Wildman–Crippen LogP) is 1.51. The number of H-pyrrole nitrogens is 1. The lowest BCUT2D eigenvalue weighted by atomic mass is 9.97. The van der Waals surface area contributed by atoms with Crippen molar-refractivity contribution < 1.29 is 14.5 Å². The van der Waals surface area contributed by atoms with E-state index < -0.39 is 0 Å². The summed E-state index contributed by atoms with van der Waals surface area (Å²) in [6.07, 6.45) is 4.51. The lowest BCUT2D eigenvalue weighted by Gasteiger charge is -2.25. The number of fused-ring (bicyclic) bond motifs is 2. The highest BCUT2D eigenvalue weighted by Crippen LogP contribution is 2.40. The number of hydrogen-bond donors (Lipinski definition) is 3. The number of hydrogen-bond acceptors (Lipinski definition) is 2. The quantitative estimate of drug-likeness (QED) is 0.584. The van der Waals surface area contributed by atoms with Crippen molar-refractivity contribution in [3.05, 3.63) is 71.4 Å². The molecule has 0 spiro atoms. The molecule has 1 atom stereocenters. The van der Waals surface area contributed by atoms with Crippen LogP contribution in [0.3, 0.4) is 0 Å². The molecule has 2 aromatic carbocycles. The molecule has 5 rings (SSSR count). The van der Waals surface area contributed by atoms with Crippen molar-refractivity contribution >= 4 is 22.7 Å². The van der Waals surface area contributed by atoms with Crippen LogP contribution in [0.2, 0.25) is 0 Å². The molecule has 0 bridgehead atoms. The molecule has 0 radical (unpaired) electrons. The molecule has 1 fully saturated rings. The molecule has 154 valence electrons. The Morgan fingerprint density at radius 2 is 1.83 bits per heavy atom. The van der Waals surface area contributed by atoms with Crippen LogP contribution in [-0.4, -0.2) is 54.4 Å². The lowest BCUT2D eigenvalue weighted by molar-refractivity contribution is -0.886. The molecular formula is C24H27N4O2+. The molecule has 3 aromatic rings. The third-order valence-electron chi connectivity index (χ3n) is 6.40. The zero-order valence-corrected chi connectivity index (χ0v) is 17.0. The van der Waals surface area contributed by atoms with Crippen LogP contribution in [0.1, 0.15) is 40.4 Å². The fraction of sp³-hybridized carbons (Fsp3) is 0.333. The van der Waals surface area contributed by atoms with Crippen LogP contribution in [0.5, 0.6) is 0 Å². The SMILES string of the molecule is O=C(CN1C(=O)c2ccccc2[C@@H]1c1c[nH]c2ccccc12)NCC[NH+]1CCCC1. The number of para-hydroxylation sites is 1. The van der Waals surface area contributed by atoms with Crippen LogP contribution in [-0.2, 0) is 4.79 Å². The summed E-state index contributed by atoms with van der Waals surface area (Å²) in [5.41, 5.74) is 3.70. The van der Waals surface area contributed by atoms with Crippen LogP contribution in [0.4, 0.5) is 0 Å². The Morgan fingerprint density at radius 1 is 1.07 bits per heavy atom. The number of carbonyl (C=O) groups excluding carboxylic acids is 2. The number of nitrogens with one attached hydrogen (secondary N) is 3. The van der Waals surface area contributed by atoms with Gasteiger partial charge in [-0.2, -0.15) is 0 Å². The lowest BCUT2D eigenvalue weighted by Crippen LogP contribution is -3.10. The van der Waals surface area contributed by atoms with Gasteiger partial charge >= 0.3 is 0 Å². The van der Waals surface area contributed by atoms with Gasteiger partial charge in [-0.1, -0.05) is 36.4 Å². The smallest absolute Gasteiger partial charge is 0.255 e. The summed E-state index contributed by atoms with van der Waals surface area (Å²) in [6.45, 7) is 4.05. The van der Waals surface area contributed by atoms with E-state index in [1.165, 1.54) is 25.9 Å². The third kappa shape index (κ3) is 3.37.